The molecule has 4 nitrogen and oxygen atoms in total. The normalized spacial score (nSPS) is 14.5. The first-order valence-electron chi connectivity index (χ1n) is 4.96. The first kappa shape index (κ1) is 9.06. The van der Waals surface area contributed by atoms with Crippen LogP contribution >= 0.6 is 11.3 Å². The van der Waals surface area contributed by atoms with Gasteiger partial charge in [-0.05, 0) is 13.8 Å². The Morgan fingerprint density at radius 1 is 1.40 bits per heavy atom. The van der Waals surface area contributed by atoms with E-state index in [1.165, 1.54) is 17.0 Å². The molecule has 78 valence electrons. The number of fused-ring (bicyclic) bond motifs is 1. The van der Waals surface area contributed by atoms with E-state index in [0.29, 0.717) is 0 Å². The lowest BCUT2D eigenvalue weighted by molar-refractivity contribution is 0.709. The van der Waals surface area contributed by atoms with Crippen molar-refractivity contribution in [2.45, 2.75) is 26.9 Å². The summed E-state index contributed by atoms with van der Waals surface area (Å²) in [5.41, 5.74) is 4.77. The van der Waals surface area contributed by atoms with E-state index in [9.17, 15) is 0 Å². The number of aryl methyl sites for hydroxylation is 1. The lowest BCUT2D eigenvalue weighted by atomic mass is 10.2. The first-order valence-corrected chi connectivity index (χ1v) is 5.84. The van der Waals surface area contributed by atoms with Gasteiger partial charge in [-0.3, -0.25) is 0 Å². The molecular weight excluding hydrogens is 208 g/mol. The lowest BCUT2D eigenvalue weighted by Gasteiger charge is -2.00. The molecule has 1 aliphatic heterocycles. The molecule has 0 bridgehead atoms. The van der Waals surface area contributed by atoms with Gasteiger partial charge in [-0.2, -0.15) is 5.10 Å². The number of thiazole rings is 1. The molecule has 0 aliphatic carbocycles. The average molecular weight is 220 g/mol. The third kappa shape index (κ3) is 1.31. The number of nitrogens with one attached hydrogen (secondary N) is 1. The molecule has 3 rings (SSSR count). The summed E-state index contributed by atoms with van der Waals surface area (Å²) in [6.45, 7) is 5.93. The van der Waals surface area contributed by atoms with Gasteiger partial charge in [0, 0.05) is 29.7 Å². The van der Waals surface area contributed by atoms with Crippen LogP contribution in [0.25, 0.3) is 5.13 Å². The highest BCUT2D eigenvalue weighted by Gasteiger charge is 2.20. The van der Waals surface area contributed by atoms with Crippen LogP contribution in [0.3, 0.4) is 0 Å². The van der Waals surface area contributed by atoms with E-state index in [2.05, 4.69) is 27.7 Å². The number of hydrogen-bond acceptors (Lipinski definition) is 4. The molecule has 15 heavy (non-hydrogen) atoms. The van der Waals surface area contributed by atoms with Gasteiger partial charge < -0.3 is 5.32 Å². The van der Waals surface area contributed by atoms with Gasteiger partial charge in [0.15, 0.2) is 0 Å². The highest BCUT2D eigenvalue weighted by molar-refractivity contribution is 7.12. The molecular formula is C10H12N4S. The molecule has 2 aromatic heterocycles. The third-order valence-corrected chi connectivity index (χ3v) is 3.64. The Morgan fingerprint density at radius 2 is 2.27 bits per heavy atom. The van der Waals surface area contributed by atoms with Gasteiger partial charge in [-0.25, -0.2) is 9.67 Å². The quantitative estimate of drug-likeness (QED) is 0.793. The predicted octanol–water partition coefficient (Wildman–Crippen LogP) is 1.55. The molecule has 0 unspecified atom stereocenters. The molecule has 0 amide bonds. The van der Waals surface area contributed by atoms with Gasteiger partial charge in [0.05, 0.1) is 11.4 Å². The Kier molecular flexibility index (Phi) is 1.90. The summed E-state index contributed by atoms with van der Waals surface area (Å²) in [5, 5.41) is 10.9. The molecule has 0 saturated heterocycles. The van der Waals surface area contributed by atoms with Gasteiger partial charge in [-0.1, -0.05) is 0 Å². The summed E-state index contributed by atoms with van der Waals surface area (Å²) in [6.07, 6.45) is 0. The van der Waals surface area contributed by atoms with Crippen LogP contribution in [0.2, 0.25) is 0 Å². The fraction of sp³-hybridized carbons (Fsp3) is 0.400. The van der Waals surface area contributed by atoms with E-state index in [4.69, 9.17) is 0 Å². The van der Waals surface area contributed by atoms with Crippen LogP contribution in [0.5, 0.6) is 0 Å². The molecule has 1 N–H and O–H groups in total. The molecule has 0 radical (unpaired) electrons. The topological polar surface area (TPSA) is 42.7 Å². The zero-order valence-electron chi connectivity index (χ0n) is 8.74. The van der Waals surface area contributed by atoms with Crippen molar-refractivity contribution in [3.63, 3.8) is 0 Å². The van der Waals surface area contributed by atoms with E-state index in [-0.39, 0.29) is 0 Å². The minimum atomic E-state index is 0.882. The number of aromatic nitrogens is 3. The summed E-state index contributed by atoms with van der Waals surface area (Å²) in [7, 11) is 0. The Balaban J connectivity index is 2.13. The highest BCUT2D eigenvalue weighted by Crippen LogP contribution is 2.23. The molecule has 0 aromatic carbocycles. The van der Waals surface area contributed by atoms with E-state index >= 15 is 0 Å². The maximum atomic E-state index is 4.58. The molecule has 0 saturated carbocycles. The smallest absolute Gasteiger partial charge is 0.210 e. The third-order valence-electron chi connectivity index (χ3n) is 2.71. The Labute approximate surface area is 92.0 Å². The Bertz CT molecular complexity index is 511. The maximum absolute atomic E-state index is 4.58. The fourth-order valence-corrected chi connectivity index (χ4v) is 2.70. The van der Waals surface area contributed by atoms with Crippen molar-refractivity contribution in [1.29, 1.82) is 0 Å². The maximum Gasteiger partial charge on any atom is 0.210 e. The number of rotatable bonds is 1. The van der Waals surface area contributed by atoms with Crippen LogP contribution in [0.1, 0.15) is 22.6 Å². The van der Waals surface area contributed by atoms with Crippen molar-refractivity contribution in [2.24, 2.45) is 0 Å². The van der Waals surface area contributed by atoms with E-state index in [0.717, 1.165) is 23.9 Å². The minimum absolute atomic E-state index is 0.882. The van der Waals surface area contributed by atoms with Crippen molar-refractivity contribution in [3.8, 4) is 5.13 Å². The van der Waals surface area contributed by atoms with Crippen LogP contribution in [0, 0.1) is 13.8 Å². The molecule has 3 heterocycles. The van der Waals surface area contributed by atoms with Crippen LogP contribution in [-0.2, 0) is 13.1 Å². The van der Waals surface area contributed by atoms with Crippen LogP contribution in [0.4, 0.5) is 0 Å². The first-order chi connectivity index (χ1) is 7.25. The minimum Gasteiger partial charge on any atom is -0.307 e. The molecule has 0 fully saturated rings. The zero-order valence-corrected chi connectivity index (χ0v) is 9.56. The van der Waals surface area contributed by atoms with Gasteiger partial charge in [-0.15, -0.1) is 11.3 Å². The second-order valence-electron chi connectivity index (χ2n) is 3.80. The van der Waals surface area contributed by atoms with Gasteiger partial charge in [0.2, 0.25) is 5.13 Å². The standard InChI is InChI=1S/C10H12N4S/c1-6-5-15-10(12-6)14-7(2)8-3-11-4-9(8)13-14/h5,11H,3-4H2,1-2H3. The van der Waals surface area contributed by atoms with E-state index in [1.54, 1.807) is 11.3 Å². The fourth-order valence-electron chi connectivity index (χ4n) is 1.90. The van der Waals surface area contributed by atoms with Crippen LogP contribution in [-0.4, -0.2) is 14.8 Å². The second-order valence-corrected chi connectivity index (χ2v) is 4.63. The summed E-state index contributed by atoms with van der Waals surface area (Å²) in [6, 6.07) is 0. The predicted molar refractivity (Wildman–Crippen MR) is 59.3 cm³/mol. The van der Waals surface area contributed by atoms with Crippen molar-refractivity contribution in [2.75, 3.05) is 0 Å². The Hall–Kier alpha value is -1.20. The average Bonchev–Trinajstić information content (AvgIpc) is 2.84. The zero-order chi connectivity index (χ0) is 10.4. The van der Waals surface area contributed by atoms with Crippen LogP contribution in [0.15, 0.2) is 5.38 Å². The van der Waals surface area contributed by atoms with Gasteiger partial charge >= 0.3 is 0 Å². The van der Waals surface area contributed by atoms with Gasteiger partial charge in [0.1, 0.15) is 0 Å². The Morgan fingerprint density at radius 3 is 2.93 bits per heavy atom. The van der Waals surface area contributed by atoms with Gasteiger partial charge in [0.25, 0.3) is 0 Å². The summed E-state index contributed by atoms with van der Waals surface area (Å²) < 4.78 is 1.96. The molecule has 0 spiro atoms. The van der Waals surface area contributed by atoms with Crippen molar-refractivity contribution < 1.29 is 0 Å². The molecule has 1 aliphatic rings. The number of hydrogen-bond donors (Lipinski definition) is 1. The summed E-state index contributed by atoms with van der Waals surface area (Å²) >= 11 is 1.64. The molecule has 5 heteroatoms. The second kappa shape index (κ2) is 3.15. The lowest BCUT2D eigenvalue weighted by Crippen LogP contribution is -2.07. The molecule has 2 aromatic rings. The largest absolute Gasteiger partial charge is 0.307 e. The van der Waals surface area contributed by atoms with Crippen LogP contribution < -0.4 is 5.32 Å². The van der Waals surface area contributed by atoms with Crippen molar-refractivity contribution >= 4 is 11.3 Å². The van der Waals surface area contributed by atoms with E-state index in [1.807, 2.05) is 11.6 Å². The monoisotopic (exact) mass is 220 g/mol. The van der Waals surface area contributed by atoms with E-state index < -0.39 is 0 Å². The summed E-state index contributed by atoms with van der Waals surface area (Å²) in [4.78, 5) is 4.45. The van der Waals surface area contributed by atoms with Crippen molar-refractivity contribution in [3.05, 3.63) is 28.0 Å². The SMILES string of the molecule is Cc1csc(-n2nc3c(c2C)CNC3)n1. The molecule has 0 atom stereocenters. The number of nitrogens with zero attached hydrogens (tertiary/aromatic N) is 3. The summed E-state index contributed by atoms with van der Waals surface area (Å²) in [5.74, 6) is 0. The van der Waals surface area contributed by atoms with Crippen molar-refractivity contribution in [1.82, 2.24) is 20.1 Å². The highest BCUT2D eigenvalue weighted by atomic mass is 32.1.